The summed E-state index contributed by atoms with van der Waals surface area (Å²) in [6.45, 7) is 1.34. The molecule has 3 rings (SSSR count). The largest absolute Gasteiger partial charge is 0.486 e. The fourth-order valence-corrected chi connectivity index (χ4v) is 1.94. The summed E-state index contributed by atoms with van der Waals surface area (Å²) in [7, 11) is 0. The number of aromatic nitrogens is 3. The zero-order valence-corrected chi connectivity index (χ0v) is 11.3. The van der Waals surface area contributed by atoms with E-state index in [-0.39, 0.29) is 12.5 Å². The van der Waals surface area contributed by atoms with Gasteiger partial charge in [-0.05, 0) is 12.1 Å². The van der Waals surface area contributed by atoms with Crippen molar-refractivity contribution in [1.82, 2.24) is 20.3 Å². The topological polar surface area (TPSA) is 104 Å². The van der Waals surface area contributed by atoms with Crippen LogP contribution in [0.1, 0.15) is 5.69 Å². The maximum absolute atomic E-state index is 11.1. The van der Waals surface area contributed by atoms with Gasteiger partial charge in [0.2, 0.25) is 5.91 Å². The molecule has 1 aliphatic rings. The molecule has 1 aromatic carbocycles. The first-order valence-corrected chi connectivity index (χ1v) is 6.54. The van der Waals surface area contributed by atoms with Gasteiger partial charge in [-0.3, -0.25) is 4.79 Å². The molecule has 21 heavy (non-hydrogen) atoms. The first kappa shape index (κ1) is 13.4. The molecule has 0 saturated heterocycles. The lowest BCUT2D eigenvalue weighted by Crippen LogP contribution is -2.29. The van der Waals surface area contributed by atoms with Gasteiger partial charge in [0.05, 0.1) is 25.0 Å². The highest BCUT2D eigenvalue weighted by molar-refractivity contribution is 5.77. The fraction of sp³-hybridized carbons (Fsp3) is 0.308. The van der Waals surface area contributed by atoms with E-state index in [1.165, 1.54) is 0 Å². The number of carbonyl (C=O) groups is 1. The van der Waals surface area contributed by atoms with E-state index in [1.54, 1.807) is 10.9 Å². The zero-order chi connectivity index (χ0) is 14.7. The summed E-state index contributed by atoms with van der Waals surface area (Å²) in [6, 6.07) is 5.54. The van der Waals surface area contributed by atoms with Crippen molar-refractivity contribution >= 4 is 5.91 Å². The number of rotatable bonds is 4. The predicted octanol–water partition coefficient (Wildman–Crippen LogP) is -0.387. The van der Waals surface area contributed by atoms with Crippen molar-refractivity contribution in [1.29, 1.82) is 0 Å². The average Bonchev–Trinajstić information content (AvgIpc) is 3.01. The third kappa shape index (κ3) is 2.95. The molecule has 0 spiro atoms. The molecule has 0 saturated carbocycles. The molecule has 3 N–H and O–H groups in total. The van der Waals surface area contributed by atoms with E-state index in [9.17, 15) is 4.79 Å². The van der Waals surface area contributed by atoms with Gasteiger partial charge in [0.25, 0.3) is 0 Å². The highest BCUT2D eigenvalue weighted by Gasteiger charge is 2.13. The molecule has 1 amide bonds. The minimum atomic E-state index is -0.233. The van der Waals surface area contributed by atoms with Gasteiger partial charge in [0.15, 0.2) is 11.5 Å². The molecule has 2 aromatic rings. The van der Waals surface area contributed by atoms with Gasteiger partial charge in [-0.25, -0.2) is 4.68 Å². The molecule has 0 aliphatic carbocycles. The average molecular weight is 289 g/mol. The summed E-state index contributed by atoms with van der Waals surface area (Å²) in [6.07, 6.45) is 1.74. The molecule has 1 aromatic heterocycles. The van der Waals surface area contributed by atoms with E-state index in [1.807, 2.05) is 18.2 Å². The van der Waals surface area contributed by atoms with E-state index in [4.69, 9.17) is 15.2 Å². The minimum Gasteiger partial charge on any atom is -0.486 e. The SMILES string of the molecule is NCC(=O)NCc1cn(-c2ccc3c(c2)OCCO3)nn1. The van der Waals surface area contributed by atoms with Crippen LogP contribution < -0.4 is 20.5 Å². The molecule has 2 heterocycles. The van der Waals surface area contributed by atoms with Gasteiger partial charge < -0.3 is 20.5 Å². The molecular formula is C13H15N5O3. The zero-order valence-electron chi connectivity index (χ0n) is 11.3. The second-order valence-electron chi connectivity index (χ2n) is 4.46. The van der Waals surface area contributed by atoms with Crippen LogP contribution in [0.3, 0.4) is 0 Å². The Morgan fingerprint density at radius 1 is 1.33 bits per heavy atom. The number of nitrogens with zero attached hydrogens (tertiary/aromatic N) is 3. The minimum absolute atomic E-state index is 0.0453. The van der Waals surface area contributed by atoms with Crippen molar-refractivity contribution in [2.45, 2.75) is 6.54 Å². The lowest BCUT2D eigenvalue weighted by molar-refractivity contribution is -0.119. The Kier molecular flexibility index (Phi) is 3.69. The fourth-order valence-electron chi connectivity index (χ4n) is 1.94. The standard InChI is InChI=1S/C13H15N5O3/c14-6-13(19)15-7-9-8-18(17-16-9)10-1-2-11-12(5-10)21-4-3-20-11/h1-2,5,8H,3-4,6-7,14H2,(H,15,19). The summed E-state index contributed by atoms with van der Waals surface area (Å²) >= 11 is 0. The summed E-state index contributed by atoms with van der Waals surface area (Å²) in [5.74, 6) is 1.18. The number of fused-ring (bicyclic) bond motifs is 1. The van der Waals surface area contributed by atoms with E-state index >= 15 is 0 Å². The molecule has 0 radical (unpaired) electrons. The Labute approximate surface area is 120 Å². The lowest BCUT2D eigenvalue weighted by Gasteiger charge is -2.18. The van der Waals surface area contributed by atoms with Crippen molar-refractivity contribution in [3.63, 3.8) is 0 Å². The number of hydrogen-bond donors (Lipinski definition) is 2. The van der Waals surface area contributed by atoms with Crippen molar-refractivity contribution in [2.24, 2.45) is 5.73 Å². The van der Waals surface area contributed by atoms with Crippen LogP contribution in [0.5, 0.6) is 11.5 Å². The van der Waals surface area contributed by atoms with Crippen LogP contribution in [0, 0.1) is 0 Å². The van der Waals surface area contributed by atoms with Crippen molar-refractivity contribution < 1.29 is 14.3 Å². The number of benzene rings is 1. The van der Waals surface area contributed by atoms with Crippen molar-refractivity contribution in [2.75, 3.05) is 19.8 Å². The Bertz CT molecular complexity index is 655. The lowest BCUT2D eigenvalue weighted by atomic mass is 10.2. The Balaban J connectivity index is 1.75. The van der Waals surface area contributed by atoms with Crippen LogP contribution in [0.25, 0.3) is 5.69 Å². The van der Waals surface area contributed by atoms with Crippen LogP contribution in [0.4, 0.5) is 0 Å². The molecule has 8 heteroatoms. The first-order valence-electron chi connectivity index (χ1n) is 6.54. The highest BCUT2D eigenvalue weighted by Crippen LogP contribution is 2.31. The summed E-state index contributed by atoms with van der Waals surface area (Å²) in [5, 5.41) is 10.7. The van der Waals surface area contributed by atoms with Gasteiger partial charge >= 0.3 is 0 Å². The smallest absolute Gasteiger partial charge is 0.234 e. The van der Waals surface area contributed by atoms with Gasteiger partial charge in [0, 0.05) is 6.07 Å². The molecule has 8 nitrogen and oxygen atoms in total. The number of hydrogen-bond acceptors (Lipinski definition) is 6. The molecule has 0 atom stereocenters. The van der Waals surface area contributed by atoms with Crippen LogP contribution in [-0.4, -0.2) is 40.7 Å². The van der Waals surface area contributed by atoms with Gasteiger partial charge in [0.1, 0.15) is 18.9 Å². The number of nitrogens with two attached hydrogens (primary N) is 1. The number of carbonyl (C=O) groups excluding carboxylic acids is 1. The number of ether oxygens (including phenoxy) is 2. The highest BCUT2D eigenvalue weighted by atomic mass is 16.6. The molecular weight excluding hydrogens is 274 g/mol. The van der Waals surface area contributed by atoms with Crippen LogP contribution >= 0.6 is 0 Å². The van der Waals surface area contributed by atoms with E-state index < -0.39 is 0 Å². The number of amides is 1. The molecule has 0 unspecified atom stereocenters. The van der Waals surface area contributed by atoms with E-state index in [0.29, 0.717) is 31.2 Å². The third-order valence-corrected chi connectivity index (χ3v) is 2.98. The molecule has 1 aliphatic heterocycles. The monoisotopic (exact) mass is 289 g/mol. The summed E-state index contributed by atoms with van der Waals surface area (Å²) in [5.41, 5.74) is 6.67. The second-order valence-corrected chi connectivity index (χ2v) is 4.46. The predicted molar refractivity (Wildman–Crippen MR) is 73.3 cm³/mol. The maximum Gasteiger partial charge on any atom is 0.234 e. The Morgan fingerprint density at radius 2 is 2.14 bits per heavy atom. The third-order valence-electron chi connectivity index (χ3n) is 2.98. The van der Waals surface area contributed by atoms with Gasteiger partial charge in [-0.15, -0.1) is 5.10 Å². The van der Waals surface area contributed by atoms with Gasteiger partial charge in [-0.1, -0.05) is 5.21 Å². The number of nitrogens with one attached hydrogen (secondary N) is 1. The van der Waals surface area contributed by atoms with Crippen molar-refractivity contribution in [3.05, 3.63) is 30.1 Å². The van der Waals surface area contributed by atoms with Crippen LogP contribution in [0.15, 0.2) is 24.4 Å². The molecule has 0 bridgehead atoms. The van der Waals surface area contributed by atoms with Crippen molar-refractivity contribution in [3.8, 4) is 17.2 Å². The summed E-state index contributed by atoms with van der Waals surface area (Å²) < 4.78 is 12.6. The van der Waals surface area contributed by atoms with Crippen LogP contribution in [-0.2, 0) is 11.3 Å². The van der Waals surface area contributed by atoms with E-state index in [2.05, 4.69) is 15.6 Å². The normalized spacial score (nSPS) is 13.0. The van der Waals surface area contributed by atoms with Crippen LogP contribution in [0.2, 0.25) is 0 Å². The van der Waals surface area contributed by atoms with Gasteiger partial charge in [-0.2, -0.15) is 0 Å². The second kappa shape index (κ2) is 5.80. The van der Waals surface area contributed by atoms with E-state index in [0.717, 1.165) is 11.4 Å². The Hall–Kier alpha value is -2.61. The maximum atomic E-state index is 11.1. The summed E-state index contributed by atoms with van der Waals surface area (Å²) in [4.78, 5) is 11.1. The molecule has 0 fully saturated rings. The quantitative estimate of drug-likeness (QED) is 0.794. The molecule has 110 valence electrons. The first-order chi connectivity index (χ1) is 10.3. The Morgan fingerprint density at radius 3 is 2.95 bits per heavy atom.